The fraction of sp³-hybridized carbons (Fsp3) is 0.130. The van der Waals surface area contributed by atoms with Gasteiger partial charge in [0.2, 0.25) is 0 Å². The molecule has 0 saturated carbocycles. The number of sulfonamides is 1. The lowest BCUT2D eigenvalue weighted by Gasteiger charge is -2.12. The van der Waals surface area contributed by atoms with Gasteiger partial charge in [0.25, 0.3) is 15.9 Å². The molecule has 2 radical (unpaired) electrons. The van der Waals surface area contributed by atoms with Crippen molar-refractivity contribution in [3.05, 3.63) is 77.9 Å². The van der Waals surface area contributed by atoms with E-state index in [-0.39, 0.29) is 10.0 Å². The zero-order chi connectivity index (χ0) is 24.0. The van der Waals surface area contributed by atoms with Crippen LogP contribution in [0.3, 0.4) is 0 Å². The Morgan fingerprint density at radius 3 is 2.24 bits per heavy atom. The number of benzene rings is 3. The van der Waals surface area contributed by atoms with Crippen molar-refractivity contribution in [2.45, 2.75) is 18.7 Å². The van der Waals surface area contributed by atoms with Crippen LogP contribution in [0.1, 0.15) is 22.8 Å². The normalized spacial score (nSPS) is 10.8. The summed E-state index contributed by atoms with van der Waals surface area (Å²) in [6, 6.07) is 17.6. The standard InChI is InChI=1S/C23H22BN3O4S2/c1-3-31-19-10-6-18(7-11-19)27-33(29,30)20-12-8-17(9-13-20)25-23(32)26-22(28)16-5-4-15(2)21(24)14-16/h4-14,27H,3H2,1-2H3,(H2,25,26,28,32). The van der Waals surface area contributed by atoms with Crippen LogP contribution in [0.25, 0.3) is 0 Å². The monoisotopic (exact) mass is 479 g/mol. The molecule has 10 heteroatoms. The molecule has 3 aromatic rings. The first kappa shape index (κ1) is 24.3. The van der Waals surface area contributed by atoms with Gasteiger partial charge in [0, 0.05) is 16.9 Å². The predicted octanol–water partition coefficient (Wildman–Crippen LogP) is 3.12. The molecule has 3 aromatic carbocycles. The molecule has 0 aromatic heterocycles. The van der Waals surface area contributed by atoms with Crippen LogP contribution in [-0.2, 0) is 10.0 Å². The summed E-state index contributed by atoms with van der Waals surface area (Å²) < 4.78 is 33.2. The number of rotatable bonds is 7. The molecule has 0 aliphatic carbocycles. The van der Waals surface area contributed by atoms with Gasteiger partial charge in [-0.25, -0.2) is 8.42 Å². The van der Waals surface area contributed by atoms with Crippen LogP contribution in [0.2, 0.25) is 0 Å². The van der Waals surface area contributed by atoms with E-state index >= 15 is 0 Å². The van der Waals surface area contributed by atoms with E-state index in [1.807, 2.05) is 13.8 Å². The van der Waals surface area contributed by atoms with Crippen molar-refractivity contribution in [2.24, 2.45) is 0 Å². The van der Waals surface area contributed by atoms with Crippen LogP contribution >= 0.6 is 12.2 Å². The first-order chi connectivity index (χ1) is 15.7. The predicted molar refractivity (Wildman–Crippen MR) is 135 cm³/mol. The number of carbonyl (C=O) groups excluding carboxylic acids is 1. The molecule has 1 amide bonds. The SMILES string of the molecule is [B]c1cc(C(=O)NC(=S)Nc2ccc(S(=O)(=O)Nc3ccc(OCC)cc3)cc2)ccc1C. The minimum absolute atomic E-state index is 0.0715. The molecule has 0 heterocycles. The van der Waals surface area contributed by atoms with Crippen molar-refractivity contribution < 1.29 is 17.9 Å². The Balaban J connectivity index is 1.61. The van der Waals surface area contributed by atoms with Crippen LogP contribution in [0.4, 0.5) is 11.4 Å². The molecule has 0 unspecified atom stereocenters. The van der Waals surface area contributed by atoms with Crippen molar-refractivity contribution >= 4 is 57.9 Å². The Morgan fingerprint density at radius 1 is 1.00 bits per heavy atom. The third-order valence-electron chi connectivity index (χ3n) is 4.61. The number of nitrogens with one attached hydrogen (secondary N) is 3. The number of ether oxygens (including phenoxy) is 1. The van der Waals surface area contributed by atoms with Gasteiger partial charge >= 0.3 is 0 Å². The van der Waals surface area contributed by atoms with Crippen molar-refractivity contribution in [1.29, 1.82) is 0 Å². The summed E-state index contributed by atoms with van der Waals surface area (Å²) in [5.74, 6) is 0.253. The summed E-state index contributed by atoms with van der Waals surface area (Å²) in [5, 5.41) is 5.49. The molecular weight excluding hydrogens is 457 g/mol. The molecule has 33 heavy (non-hydrogen) atoms. The Labute approximate surface area is 200 Å². The van der Waals surface area contributed by atoms with E-state index in [0.29, 0.717) is 34.8 Å². The molecule has 7 nitrogen and oxygen atoms in total. The quantitative estimate of drug-likeness (QED) is 0.356. The zero-order valence-corrected chi connectivity index (χ0v) is 19.7. The first-order valence-electron chi connectivity index (χ1n) is 10.0. The van der Waals surface area contributed by atoms with Gasteiger partial charge in [-0.15, -0.1) is 0 Å². The van der Waals surface area contributed by atoms with Gasteiger partial charge in [0.1, 0.15) is 13.6 Å². The molecule has 0 atom stereocenters. The topological polar surface area (TPSA) is 96.5 Å². The summed E-state index contributed by atoms with van der Waals surface area (Å²) in [4.78, 5) is 12.4. The van der Waals surface area contributed by atoms with Crippen LogP contribution in [-0.4, -0.2) is 33.9 Å². The number of aryl methyl sites for hydroxylation is 1. The Morgan fingerprint density at radius 2 is 1.64 bits per heavy atom. The van der Waals surface area contributed by atoms with Gasteiger partial charge in [-0.2, -0.15) is 0 Å². The summed E-state index contributed by atoms with van der Waals surface area (Å²) in [6.07, 6.45) is 0. The van der Waals surface area contributed by atoms with Crippen molar-refractivity contribution in [2.75, 3.05) is 16.6 Å². The third kappa shape index (κ3) is 6.56. The summed E-state index contributed by atoms with van der Waals surface area (Å²) >= 11 is 5.18. The maximum Gasteiger partial charge on any atom is 0.261 e. The minimum atomic E-state index is -3.78. The fourth-order valence-electron chi connectivity index (χ4n) is 2.84. The lowest BCUT2D eigenvalue weighted by atomic mass is 9.89. The van der Waals surface area contributed by atoms with Crippen LogP contribution in [0.15, 0.2) is 71.6 Å². The molecule has 0 spiro atoms. The van der Waals surface area contributed by atoms with Crippen molar-refractivity contribution in [3.8, 4) is 5.75 Å². The zero-order valence-electron chi connectivity index (χ0n) is 18.1. The molecule has 0 saturated heterocycles. The highest BCUT2D eigenvalue weighted by Gasteiger charge is 2.15. The molecule has 0 bridgehead atoms. The second-order valence-electron chi connectivity index (χ2n) is 7.07. The maximum atomic E-state index is 12.6. The first-order valence-corrected chi connectivity index (χ1v) is 11.9. The number of hydrogen-bond donors (Lipinski definition) is 3. The van der Waals surface area contributed by atoms with Crippen molar-refractivity contribution in [3.63, 3.8) is 0 Å². The minimum Gasteiger partial charge on any atom is -0.494 e. The lowest BCUT2D eigenvalue weighted by molar-refractivity contribution is 0.0978. The highest BCUT2D eigenvalue weighted by molar-refractivity contribution is 7.92. The summed E-state index contributed by atoms with van der Waals surface area (Å²) in [6.45, 7) is 4.25. The van der Waals surface area contributed by atoms with E-state index in [1.54, 1.807) is 54.6 Å². The summed E-state index contributed by atoms with van der Waals surface area (Å²) in [5.41, 5.74) is 2.70. The van der Waals surface area contributed by atoms with Crippen LogP contribution in [0, 0.1) is 6.92 Å². The van der Waals surface area contributed by atoms with Gasteiger partial charge in [-0.05, 0) is 80.7 Å². The third-order valence-corrected chi connectivity index (χ3v) is 6.21. The maximum absolute atomic E-state index is 12.6. The molecule has 168 valence electrons. The van der Waals surface area contributed by atoms with Crippen LogP contribution in [0.5, 0.6) is 5.75 Å². The van der Waals surface area contributed by atoms with Crippen molar-refractivity contribution in [1.82, 2.24) is 5.32 Å². The molecule has 0 aliphatic rings. The highest BCUT2D eigenvalue weighted by atomic mass is 32.2. The van der Waals surface area contributed by atoms with E-state index in [2.05, 4.69) is 15.4 Å². The average Bonchev–Trinajstić information content (AvgIpc) is 2.77. The number of carbonyl (C=O) groups is 1. The molecule has 0 fully saturated rings. The second-order valence-corrected chi connectivity index (χ2v) is 9.16. The van der Waals surface area contributed by atoms with E-state index in [9.17, 15) is 13.2 Å². The van der Waals surface area contributed by atoms with E-state index in [0.717, 1.165) is 5.56 Å². The smallest absolute Gasteiger partial charge is 0.261 e. The highest BCUT2D eigenvalue weighted by Crippen LogP contribution is 2.20. The lowest BCUT2D eigenvalue weighted by Crippen LogP contribution is -2.34. The Kier molecular flexibility index (Phi) is 7.73. The van der Waals surface area contributed by atoms with Gasteiger partial charge in [-0.1, -0.05) is 23.2 Å². The molecule has 3 N–H and O–H groups in total. The average molecular weight is 479 g/mol. The number of anilines is 2. The van der Waals surface area contributed by atoms with E-state index in [4.69, 9.17) is 24.8 Å². The van der Waals surface area contributed by atoms with Gasteiger partial charge in [0.05, 0.1) is 11.5 Å². The number of thiocarbonyl (C=S) groups is 1. The number of hydrogen-bond acceptors (Lipinski definition) is 5. The number of amides is 1. The second kappa shape index (κ2) is 10.5. The van der Waals surface area contributed by atoms with Gasteiger partial charge < -0.3 is 10.1 Å². The largest absolute Gasteiger partial charge is 0.494 e. The van der Waals surface area contributed by atoms with Gasteiger partial charge in [0.15, 0.2) is 5.11 Å². The van der Waals surface area contributed by atoms with E-state index in [1.165, 1.54) is 12.1 Å². The molecule has 3 rings (SSSR count). The van der Waals surface area contributed by atoms with Crippen LogP contribution < -0.4 is 25.6 Å². The van der Waals surface area contributed by atoms with Gasteiger partial charge in [-0.3, -0.25) is 14.8 Å². The molecule has 0 aliphatic heterocycles. The summed E-state index contributed by atoms with van der Waals surface area (Å²) in [7, 11) is 2.06. The Bertz CT molecular complexity index is 1260. The fourth-order valence-corrected chi connectivity index (χ4v) is 4.11. The molecular formula is C23H22BN3O4S2. The Hall–Kier alpha value is -3.37. The van der Waals surface area contributed by atoms with E-state index < -0.39 is 15.9 Å².